The lowest BCUT2D eigenvalue weighted by Crippen LogP contribution is -2.73. The lowest BCUT2D eigenvalue weighted by Gasteiger charge is -2.60. The van der Waals surface area contributed by atoms with Gasteiger partial charge < -0.3 is 9.80 Å². The van der Waals surface area contributed by atoms with Crippen LogP contribution in [0.4, 0.5) is 29.3 Å². The van der Waals surface area contributed by atoms with Crippen LogP contribution in [0.5, 0.6) is 0 Å². The number of pyridine rings is 1. The van der Waals surface area contributed by atoms with E-state index >= 15 is 0 Å². The molecule has 0 bridgehead atoms. The van der Waals surface area contributed by atoms with E-state index in [1.54, 1.807) is 25.1 Å². The molecule has 5 heterocycles. The molecular weight excluding hydrogens is 486 g/mol. The molecule has 3 aliphatic rings. The largest absolute Gasteiger partial charge is 0.401 e. The molecule has 12 heteroatoms. The summed E-state index contributed by atoms with van der Waals surface area (Å²) < 4.78 is 55.2. The van der Waals surface area contributed by atoms with Crippen molar-refractivity contribution in [2.45, 2.75) is 26.2 Å². The second-order valence-electron chi connectivity index (χ2n) is 9.77. The Morgan fingerprint density at radius 1 is 1.00 bits per heavy atom. The Morgan fingerprint density at radius 2 is 1.74 bits per heavy atom. The molecule has 0 atom stereocenters. The molecule has 6 rings (SSSR count). The molecule has 184 valence electrons. The van der Waals surface area contributed by atoms with Crippen molar-refractivity contribution in [3.05, 3.63) is 58.3 Å². The average Bonchev–Trinajstić information content (AvgIpc) is 3.03. The molecule has 0 saturated carbocycles. The topological polar surface area (TPSA) is 53.3 Å². The number of fused-ring (bicyclic) bond motifs is 3. The zero-order valence-electron chi connectivity index (χ0n) is 18.9. The maximum atomic E-state index is 13.9. The van der Waals surface area contributed by atoms with E-state index in [4.69, 9.17) is 11.6 Å². The van der Waals surface area contributed by atoms with Crippen LogP contribution in [0.3, 0.4) is 0 Å². The fourth-order valence-electron chi connectivity index (χ4n) is 5.32. The van der Waals surface area contributed by atoms with Gasteiger partial charge in [-0.05, 0) is 36.8 Å². The molecule has 3 aromatic rings. The first kappa shape index (κ1) is 22.5. The highest BCUT2D eigenvalue weighted by molar-refractivity contribution is 6.30. The van der Waals surface area contributed by atoms with Gasteiger partial charge >= 0.3 is 6.18 Å². The lowest BCUT2D eigenvalue weighted by atomic mass is 9.73. The van der Waals surface area contributed by atoms with E-state index < -0.39 is 18.7 Å². The van der Waals surface area contributed by atoms with Gasteiger partial charge in [0.2, 0.25) is 11.9 Å². The number of aryl methyl sites for hydroxylation is 1. The number of aromatic nitrogens is 4. The number of benzene rings is 1. The third kappa shape index (κ3) is 4.00. The first-order valence-corrected chi connectivity index (χ1v) is 11.6. The molecule has 0 N–H and O–H groups in total. The highest BCUT2D eigenvalue weighted by Crippen LogP contribution is 2.44. The number of hydrogen-bond donors (Lipinski definition) is 0. The van der Waals surface area contributed by atoms with Crippen molar-refractivity contribution >= 4 is 23.4 Å². The second kappa shape index (κ2) is 7.79. The smallest absolute Gasteiger partial charge is 0.355 e. The SMILES string of the molecule is Cc1ccc(N2CC3(C2)CN(c2nnc4n2-c2ccc(Cl)cc2CN(CC(F)(F)F)C4)C3)nc1F. The number of nitrogens with zero attached hydrogens (tertiary/aromatic N) is 7. The molecule has 0 aliphatic carbocycles. The Labute approximate surface area is 203 Å². The molecule has 0 radical (unpaired) electrons. The van der Waals surface area contributed by atoms with E-state index in [1.807, 2.05) is 16.7 Å². The quantitative estimate of drug-likeness (QED) is 0.395. The summed E-state index contributed by atoms with van der Waals surface area (Å²) in [7, 11) is 0. The van der Waals surface area contributed by atoms with Crippen molar-refractivity contribution < 1.29 is 17.6 Å². The van der Waals surface area contributed by atoms with E-state index in [0.29, 0.717) is 33.7 Å². The summed E-state index contributed by atoms with van der Waals surface area (Å²) >= 11 is 6.17. The lowest BCUT2D eigenvalue weighted by molar-refractivity contribution is -0.148. The molecule has 0 amide bonds. The number of hydrogen-bond acceptors (Lipinski definition) is 6. The third-order valence-corrected chi connectivity index (χ3v) is 7.12. The Hall–Kier alpha value is -2.92. The summed E-state index contributed by atoms with van der Waals surface area (Å²) in [5.41, 5.74) is 2.00. The van der Waals surface area contributed by atoms with E-state index in [1.165, 1.54) is 4.90 Å². The Balaban J connectivity index is 1.23. The van der Waals surface area contributed by atoms with Crippen LogP contribution in [0.15, 0.2) is 30.3 Å². The van der Waals surface area contributed by atoms with Gasteiger partial charge in [0.1, 0.15) is 5.82 Å². The molecule has 35 heavy (non-hydrogen) atoms. The minimum atomic E-state index is -4.33. The fraction of sp³-hybridized carbons (Fsp3) is 0.435. The van der Waals surface area contributed by atoms with Crippen molar-refractivity contribution in [3.8, 4) is 5.69 Å². The molecule has 0 unspecified atom stereocenters. The predicted molar refractivity (Wildman–Crippen MR) is 122 cm³/mol. The second-order valence-corrected chi connectivity index (χ2v) is 10.2. The van der Waals surface area contributed by atoms with Gasteiger partial charge in [0.05, 0.1) is 18.8 Å². The van der Waals surface area contributed by atoms with Gasteiger partial charge in [0, 0.05) is 48.7 Å². The van der Waals surface area contributed by atoms with Crippen LogP contribution in [0.25, 0.3) is 5.69 Å². The maximum absolute atomic E-state index is 13.9. The minimum Gasteiger partial charge on any atom is -0.355 e. The first-order chi connectivity index (χ1) is 16.6. The van der Waals surface area contributed by atoms with Crippen LogP contribution in [0, 0.1) is 18.3 Å². The number of halogens is 5. The van der Waals surface area contributed by atoms with E-state index in [9.17, 15) is 17.6 Å². The molecule has 3 aliphatic heterocycles. The van der Waals surface area contributed by atoms with Crippen LogP contribution in [0.2, 0.25) is 5.02 Å². The number of alkyl halides is 3. The van der Waals surface area contributed by atoms with Crippen molar-refractivity contribution in [2.24, 2.45) is 5.41 Å². The van der Waals surface area contributed by atoms with E-state index in [2.05, 4.69) is 25.0 Å². The standard InChI is InChI=1S/C23H22ClF4N7/c1-14-2-5-18(29-20(14)25)33-9-22(10-33)11-34(12-22)21-31-30-19-8-32(13-23(26,27)28)7-15-6-16(24)3-4-17(15)35(19)21/h2-6H,7-13H2,1H3. The summed E-state index contributed by atoms with van der Waals surface area (Å²) in [6, 6.07) is 8.79. The molecule has 7 nitrogen and oxygen atoms in total. The highest BCUT2D eigenvalue weighted by atomic mass is 35.5. The normalized spacial score (nSPS) is 19.1. The van der Waals surface area contributed by atoms with Crippen LogP contribution < -0.4 is 9.80 Å². The third-order valence-electron chi connectivity index (χ3n) is 6.89. The maximum Gasteiger partial charge on any atom is 0.401 e. The molecule has 1 spiro atoms. The Bertz CT molecular complexity index is 1290. The van der Waals surface area contributed by atoms with Crippen molar-refractivity contribution in [3.63, 3.8) is 0 Å². The van der Waals surface area contributed by atoms with Crippen molar-refractivity contribution in [1.29, 1.82) is 0 Å². The molecule has 2 fully saturated rings. The van der Waals surface area contributed by atoms with Crippen LogP contribution >= 0.6 is 11.6 Å². The minimum absolute atomic E-state index is 0.0240. The highest BCUT2D eigenvalue weighted by Gasteiger charge is 2.53. The summed E-state index contributed by atoms with van der Waals surface area (Å²) in [4.78, 5) is 9.50. The van der Waals surface area contributed by atoms with Gasteiger partial charge in [-0.1, -0.05) is 17.7 Å². The van der Waals surface area contributed by atoms with E-state index in [-0.39, 0.29) is 18.5 Å². The monoisotopic (exact) mass is 507 g/mol. The van der Waals surface area contributed by atoms with Gasteiger partial charge in [-0.3, -0.25) is 9.47 Å². The summed E-state index contributed by atoms with van der Waals surface area (Å²) in [6.45, 7) is 3.74. The van der Waals surface area contributed by atoms with Crippen LogP contribution in [0.1, 0.15) is 17.0 Å². The molecule has 2 aromatic heterocycles. The van der Waals surface area contributed by atoms with Gasteiger partial charge in [-0.2, -0.15) is 17.6 Å². The predicted octanol–water partition coefficient (Wildman–Crippen LogP) is 3.97. The summed E-state index contributed by atoms with van der Waals surface area (Å²) in [5, 5.41) is 9.08. The summed E-state index contributed by atoms with van der Waals surface area (Å²) in [5.74, 6) is 1.24. The molecule has 1 aromatic carbocycles. The van der Waals surface area contributed by atoms with Crippen molar-refractivity contribution in [1.82, 2.24) is 24.6 Å². The van der Waals surface area contributed by atoms with Gasteiger partial charge in [-0.15, -0.1) is 10.2 Å². The van der Waals surface area contributed by atoms with E-state index in [0.717, 1.165) is 31.9 Å². The fourth-order valence-corrected chi connectivity index (χ4v) is 5.52. The van der Waals surface area contributed by atoms with Crippen molar-refractivity contribution in [2.75, 3.05) is 42.5 Å². The zero-order valence-corrected chi connectivity index (χ0v) is 19.6. The van der Waals surface area contributed by atoms with Gasteiger partial charge in [0.15, 0.2) is 5.82 Å². The molecular formula is C23H22ClF4N7. The number of anilines is 2. The first-order valence-electron chi connectivity index (χ1n) is 11.2. The average molecular weight is 508 g/mol. The van der Waals surface area contributed by atoms with Crippen LogP contribution in [-0.4, -0.2) is 63.5 Å². The molecule has 2 saturated heterocycles. The van der Waals surface area contributed by atoms with Gasteiger partial charge in [0.25, 0.3) is 0 Å². The van der Waals surface area contributed by atoms with Crippen LogP contribution in [-0.2, 0) is 13.1 Å². The zero-order chi connectivity index (χ0) is 24.5. The van der Waals surface area contributed by atoms with Gasteiger partial charge in [-0.25, -0.2) is 4.98 Å². The summed E-state index contributed by atoms with van der Waals surface area (Å²) in [6.07, 6.45) is -4.33. The number of rotatable bonds is 3. The Kier molecular flexibility index (Phi) is 5.02. The Morgan fingerprint density at radius 3 is 2.46 bits per heavy atom.